The zero-order valence-corrected chi connectivity index (χ0v) is 10.3. The Morgan fingerprint density at radius 2 is 1.81 bits per heavy atom. The molecule has 0 saturated heterocycles. The standard InChI is InChI=1S/C14H20FN/c1-9-4-13(5-9)16-8-12-6-10(2)14(15)11(3)7-12/h6-7,9,13,16H,4-5,8H2,1-3H3. The molecular weight excluding hydrogens is 201 g/mol. The molecule has 1 aliphatic carbocycles. The highest BCUT2D eigenvalue weighted by Crippen LogP contribution is 2.26. The lowest BCUT2D eigenvalue weighted by Gasteiger charge is -2.33. The summed E-state index contributed by atoms with van der Waals surface area (Å²) in [5.41, 5.74) is 2.69. The summed E-state index contributed by atoms with van der Waals surface area (Å²) in [7, 11) is 0. The molecule has 0 atom stereocenters. The third-order valence-electron chi connectivity index (χ3n) is 3.46. The van der Waals surface area contributed by atoms with Gasteiger partial charge in [0.1, 0.15) is 5.82 Å². The monoisotopic (exact) mass is 221 g/mol. The highest BCUT2D eigenvalue weighted by molar-refractivity contribution is 5.30. The fourth-order valence-corrected chi connectivity index (χ4v) is 2.47. The lowest BCUT2D eigenvalue weighted by atomic mass is 9.82. The van der Waals surface area contributed by atoms with E-state index in [4.69, 9.17) is 0 Å². The number of benzene rings is 1. The van der Waals surface area contributed by atoms with Crippen LogP contribution in [0.25, 0.3) is 0 Å². The minimum atomic E-state index is -0.0685. The quantitative estimate of drug-likeness (QED) is 0.825. The first-order chi connectivity index (χ1) is 7.56. The van der Waals surface area contributed by atoms with Crippen LogP contribution >= 0.6 is 0 Å². The van der Waals surface area contributed by atoms with E-state index in [1.165, 1.54) is 18.4 Å². The molecular formula is C14H20FN. The Balaban J connectivity index is 1.94. The van der Waals surface area contributed by atoms with Crippen LogP contribution in [0.2, 0.25) is 0 Å². The third kappa shape index (κ3) is 2.43. The molecule has 0 heterocycles. The fourth-order valence-electron chi connectivity index (χ4n) is 2.47. The molecule has 1 nitrogen and oxygen atoms in total. The molecule has 1 saturated carbocycles. The molecule has 1 aromatic carbocycles. The normalized spacial score (nSPS) is 24.2. The molecule has 0 amide bonds. The van der Waals surface area contributed by atoms with Crippen LogP contribution < -0.4 is 5.32 Å². The summed E-state index contributed by atoms with van der Waals surface area (Å²) in [5, 5.41) is 3.52. The van der Waals surface area contributed by atoms with Crippen LogP contribution in [0.3, 0.4) is 0 Å². The Morgan fingerprint density at radius 1 is 1.25 bits per heavy atom. The molecule has 0 spiro atoms. The van der Waals surface area contributed by atoms with E-state index in [2.05, 4.69) is 12.2 Å². The van der Waals surface area contributed by atoms with E-state index >= 15 is 0 Å². The van der Waals surface area contributed by atoms with Gasteiger partial charge in [0.05, 0.1) is 0 Å². The number of hydrogen-bond donors (Lipinski definition) is 1. The summed E-state index contributed by atoms with van der Waals surface area (Å²) < 4.78 is 13.4. The lowest BCUT2D eigenvalue weighted by molar-refractivity contribution is 0.240. The van der Waals surface area contributed by atoms with Gasteiger partial charge in [-0.15, -0.1) is 0 Å². The minimum absolute atomic E-state index is 0.0685. The molecule has 0 bridgehead atoms. The molecule has 1 aliphatic rings. The van der Waals surface area contributed by atoms with Crippen molar-refractivity contribution in [2.45, 2.75) is 46.2 Å². The molecule has 1 aromatic rings. The topological polar surface area (TPSA) is 12.0 Å². The number of halogens is 1. The zero-order valence-electron chi connectivity index (χ0n) is 10.3. The Bertz CT molecular complexity index is 357. The summed E-state index contributed by atoms with van der Waals surface area (Å²) in [4.78, 5) is 0. The van der Waals surface area contributed by atoms with Crippen molar-refractivity contribution in [1.29, 1.82) is 0 Å². The molecule has 88 valence electrons. The summed E-state index contributed by atoms with van der Waals surface area (Å²) in [5.74, 6) is 0.801. The summed E-state index contributed by atoms with van der Waals surface area (Å²) in [6, 6.07) is 4.55. The summed E-state index contributed by atoms with van der Waals surface area (Å²) in [6.45, 7) is 6.80. The maximum absolute atomic E-state index is 13.4. The van der Waals surface area contributed by atoms with Gasteiger partial charge >= 0.3 is 0 Å². The van der Waals surface area contributed by atoms with Crippen LogP contribution in [-0.2, 0) is 6.54 Å². The average Bonchev–Trinajstić information content (AvgIpc) is 2.19. The van der Waals surface area contributed by atoms with E-state index in [1.807, 2.05) is 26.0 Å². The fraction of sp³-hybridized carbons (Fsp3) is 0.571. The van der Waals surface area contributed by atoms with Crippen molar-refractivity contribution >= 4 is 0 Å². The van der Waals surface area contributed by atoms with Crippen molar-refractivity contribution in [2.75, 3.05) is 0 Å². The molecule has 0 unspecified atom stereocenters. The van der Waals surface area contributed by atoms with Crippen molar-refractivity contribution in [3.8, 4) is 0 Å². The Hall–Kier alpha value is -0.890. The predicted octanol–water partition coefficient (Wildman–Crippen LogP) is 3.33. The Labute approximate surface area is 97.1 Å². The smallest absolute Gasteiger partial charge is 0.129 e. The molecule has 0 aromatic heterocycles. The van der Waals surface area contributed by atoms with Gasteiger partial charge in [-0.05, 0) is 49.3 Å². The first-order valence-corrected chi connectivity index (χ1v) is 6.05. The van der Waals surface area contributed by atoms with Gasteiger partial charge in [0.2, 0.25) is 0 Å². The highest BCUT2D eigenvalue weighted by Gasteiger charge is 2.24. The number of rotatable bonds is 3. The van der Waals surface area contributed by atoms with E-state index in [-0.39, 0.29) is 5.82 Å². The second-order valence-electron chi connectivity index (χ2n) is 5.20. The van der Waals surface area contributed by atoms with Gasteiger partial charge in [0.25, 0.3) is 0 Å². The van der Waals surface area contributed by atoms with E-state index in [9.17, 15) is 4.39 Å². The van der Waals surface area contributed by atoms with Gasteiger partial charge < -0.3 is 5.32 Å². The minimum Gasteiger partial charge on any atom is -0.310 e. The highest BCUT2D eigenvalue weighted by atomic mass is 19.1. The number of nitrogens with one attached hydrogen (secondary N) is 1. The van der Waals surface area contributed by atoms with Crippen LogP contribution in [0.15, 0.2) is 12.1 Å². The second-order valence-corrected chi connectivity index (χ2v) is 5.20. The number of aryl methyl sites for hydroxylation is 2. The van der Waals surface area contributed by atoms with Gasteiger partial charge in [-0.1, -0.05) is 19.1 Å². The molecule has 0 aliphatic heterocycles. The molecule has 16 heavy (non-hydrogen) atoms. The zero-order chi connectivity index (χ0) is 11.7. The van der Waals surface area contributed by atoms with Crippen molar-refractivity contribution in [3.63, 3.8) is 0 Å². The van der Waals surface area contributed by atoms with Crippen LogP contribution in [0, 0.1) is 25.6 Å². The maximum atomic E-state index is 13.4. The molecule has 2 rings (SSSR count). The lowest BCUT2D eigenvalue weighted by Crippen LogP contribution is -2.39. The van der Waals surface area contributed by atoms with E-state index in [0.29, 0.717) is 6.04 Å². The van der Waals surface area contributed by atoms with Crippen LogP contribution in [0.4, 0.5) is 4.39 Å². The number of hydrogen-bond acceptors (Lipinski definition) is 1. The molecule has 0 radical (unpaired) electrons. The van der Waals surface area contributed by atoms with Gasteiger partial charge in [0.15, 0.2) is 0 Å². The molecule has 1 fully saturated rings. The van der Waals surface area contributed by atoms with Gasteiger partial charge in [-0.2, -0.15) is 0 Å². The largest absolute Gasteiger partial charge is 0.310 e. The van der Waals surface area contributed by atoms with E-state index in [0.717, 1.165) is 23.6 Å². The third-order valence-corrected chi connectivity index (χ3v) is 3.46. The molecule has 2 heteroatoms. The van der Waals surface area contributed by atoms with Gasteiger partial charge in [-0.3, -0.25) is 0 Å². The predicted molar refractivity (Wildman–Crippen MR) is 64.9 cm³/mol. The van der Waals surface area contributed by atoms with Crippen molar-refractivity contribution in [3.05, 3.63) is 34.6 Å². The van der Waals surface area contributed by atoms with Crippen LogP contribution in [0.1, 0.15) is 36.5 Å². The van der Waals surface area contributed by atoms with Gasteiger partial charge in [0, 0.05) is 12.6 Å². The Morgan fingerprint density at radius 3 is 2.31 bits per heavy atom. The summed E-state index contributed by atoms with van der Waals surface area (Å²) >= 11 is 0. The SMILES string of the molecule is Cc1cc(CNC2CC(C)C2)cc(C)c1F. The van der Waals surface area contributed by atoms with Crippen molar-refractivity contribution in [2.24, 2.45) is 5.92 Å². The van der Waals surface area contributed by atoms with Crippen LogP contribution in [-0.4, -0.2) is 6.04 Å². The van der Waals surface area contributed by atoms with Crippen molar-refractivity contribution < 1.29 is 4.39 Å². The Kier molecular flexibility index (Phi) is 3.29. The van der Waals surface area contributed by atoms with Crippen molar-refractivity contribution in [1.82, 2.24) is 5.32 Å². The first kappa shape index (κ1) is 11.6. The van der Waals surface area contributed by atoms with Crippen LogP contribution in [0.5, 0.6) is 0 Å². The first-order valence-electron chi connectivity index (χ1n) is 6.05. The van der Waals surface area contributed by atoms with Gasteiger partial charge in [-0.25, -0.2) is 4.39 Å². The average molecular weight is 221 g/mol. The van der Waals surface area contributed by atoms with E-state index in [1.54, 1.807) is 0 Å². The van der Waals surface area contributed by atoms with E-state index < -0.39 is 0 Å². The maximum Gasteiger partial charge on any atom is 0.129 e. The summed E-state index contributed by atoms with van der Waals surface area (Å²) in [6.07, 6.45) is 2.55. The second kappa shape index (κ2) is 4.54. The molecule has 1 N–H and O–H groups in total.